The summed E-state index contributed by atoms with van der Waals surface area (Å²) in [4.78, 5) is 38.4. The van der Waals surface area contributed by atoms with Crippen LogP contribution in [0.4, 0.5) is 0 Å². The van der Waals surface area contributed by atoms with Crippen molar-refractivity contribution in [3.63, 3.8) is 0 Å². The number of rotatable bonds is 58. The quantitative estimate of drug-likeness (QED) is 0.0199. The molecule has 0 aromatic rings. The van der Waals surface area contributed by atoms with E-state index >= 15 is 0 Å². The van der Waals surface area contributed by atoms with Gasteiger partial charge in [0.2, 0.25) is 0 Å². The number of hydrogen-bond acceptors (Lipinski definition) is 6. The number of carbonyl (C=O) groups excluding carboxylic acids is 3. The molecule has 0 amide bonds. The Morgan fingerprint density at radius 3 is 0.893 bits per heavy atom. The zero-order chi connectivity index (χ0) is 54.3. The van der Waals surface area contributed by atoms with E-state index < -0.39 is 6.10 Å². The summed E-state index contributed by atoms with van der Waals surface area (Å²) in [7, 11) is 0. The topological polar surface area (TPSA) is 78.9 Å². The van der Waals surface area contributed by atoms with Gasteiger partial charge in [-0.1, -0.05) is 279 Å². The molecule has 6 nitrogen and oxygen atoms in total. The molecular formula is C69H120O6. The van der Waals surface area contributed by atoms with E-state index in [1.165, 1.54) is 199 Å². The molecular weight excluding hydrogens is 925 g/mol. The summed E-state index contributed by atoms with van der Waals surface area (Å²) >= 11 is 0. The average Bonchev–Trinajstić information content (AvgIpc) is 3.41. The van der Waals surface area contributed by atoms with Crippen LogP contribution in [-0.2, 0) is 28.6 Å². The number of ether oxygens (including phenoxy) is 3. The van der Waals surface area contributed by atoms with Gasteiger partial charge in [0.05, 0.1) is 0 Å². The molecule has 0 saturated carbocycles. The lowest BCUT2D eigenvalue weighted by Gasteiger charge is -2.18. The molecule has 0 aromatic heterocycles. The second kappa shape index (κ2) is 63.1. The molecule has 0 fully saturated rings. The zero-order valence-corrected chi connectivity index (χ0v) is 49.6. The highest BCUT2D eigenvalue weighted by Gasteiger charge is 2.19. The summed E-state index contributed by atoms with van der Waals surface area (Å²) in [6, 6.07) is 0. The van der Waals surface area contributed by atoms with E-state index in [0.29, 0.717) is 19.3 Å². The van der Waals surface area contributed by atoms with Crippen LogP contribution in [-0.4, -0.2) is 37.2 Å². The van der Waals surface area contributed by atoms with Crippen LogP contribution in [0.2, 0.25) is 0 Å². The van der Waals surface area contributed by atoms with Gasteiger partial charge < -0.3 is 14.2 Å². The molecule has 0 aliphatic rings. The van der Waals surface area contributed by atoms with Crippen molar-refractivity contribution in [1.29, 1.82) is 0 Å². The summed E-state index contributed by atoms with van der Waals surface area (Å²) in [6.45, 7) is 6.50. The Balaban J connectivity index is 4.39. The molecule has 432 valence electrons. The first-order valence-corrected chi connectivity index (χ1v) is 32.1. The number of esters is 3. The molecule has 0 saturated heterocycles. The zero-order valence-electron chi connectivity index (χ0n) is 49.6. The van der Waals surface area contributed by atoms with Crippen LogP contribution < -0.4 is 0 Å². The summed E-state index contributed by atoms with van der Waals surface area (Å²) in [5.41, 5.74) is 0. The average molecular weight is 1050 g/mol. The van der Waals surface area contributed by atoms with Gasteiger partial charge in [0, 0.05) is 19.3 Å². The minimum atomic E-state index is -0.784. The molecule has 0 rings (SSSR count). The number of carbonyl (C=O) groups is 3. The third-order valence-corrected chi connectivity index (χ3v) is 13.9. The molecule has 0 radical (unpaired) electrons. The summed E-state index contributed by atoms with van der Waals surface area (Å²) in [6.07, 6.45) is 82.9. The number of unbranched alkanes of at least 4 members (excludes halogenated alkanes) is 35. The Labute approximate surface area is 465 Å². The van der Waals surface area contributed by atoms with E-state index in [2.05, 4.69) is 106 Å². The van der Waals surface area contributed by atoms with Gasteiger partial charge in [-0.25, -0.2) is 0 Å². The van der Waals surface area contributed by atoms with Crippen molar-refractivity contribution in [3.05, 3.63) is 85.1 Å². The molecule has 1 atom stereocenters. The van der Waals surface area contributed by atoms with Crippen molar-refractivity contribution in [2.45, 2.75) is 322 Å². The fraction of sp³-hybridized carbons (Fsp3) is 0.754. The van der Waals surface area contributed by atoms with Gasteiger partial charge >= 0.3 is 17.9 Å². The first-order valence-electron chi connectivity index (χ1n) is 32.1. The minimum Gasteiger partial charge on any atom is -0.462 e. The minimum absolute atomic E-state index is 0.0801. The Morgan fingerprint density at radius 1 is 0.293 bits per heavy atom. The van der Waals surface area contributed by atoms with Gasteiger partial charge in [0.15, 0.2) is 6.10 Å². The molecule has 0 heterocycles. The van der Waals surface area contributed by atoms with Crippen molar-refractivity contribution >= 4 is 17.9 Å². The van der Waals surface area contributed by atoms with Gasteiger partial charge in [-0.2, -0.15) is 0 Å². The predicted molar refractivity (Wildman–Crippen MR) is 325 cm³/mol. The van der Waals surface area contributed by atoms with Gasteiger partial charge in [-0.05, 0) is 103 Å². The number of hydrogen-bond donors (Lipinski definition) is 0. The highest BCUT2D eigenvalue weighted by molar-refractivity contribution is 5.71. The van der Waals surface area contributed by atoms with Crippen LogP contribution >= 0.6 is 0 Å². The maximum absolute atomic E-state index is 12.9. The monoisotopic (exact) mass is 1040 g/mol. The summed E-state index contributed by atoms with van der Waals surface area (Å²) in [5.74, 6) is -0.879. The van der Waals surface area contributed by atoms with Gasteiger partial charge in [-0.15, -0.1) is 0 Å². The second-order valence-corrected chi connectivity index (χ2v) is 21.3. The standard InChI is InChI=1S/C69H120O6/c1-4-7-10-13-16-19-22-25-28-31-34-37-40-43-46-49-52-55-58-61-67(70)73-64-66(75-69(72)63-60-57-54-51-48-45-42-39-36-33-30-27-24-21-18-15-12-9-6-3)65-74-68(71)62-59-56-53-50-47-44-41-38-35-32-29-26-23-20-17-14-11-8-5-2/h7,10,16-21,23-28,66H,4-6,8-9,11-15,22,29-65H2,1-3H3/b10-7-,19-16-,20-17-,21-18-,26-23-,27-24-,28-25-. The fourth-order valence-electron chi connectivity index (χ4n) is 9.09. The molecule has 0 N–H and O–H groups in total. The molecule has 0 bridgehead atoms. The molecule has 0 aliphatic heterocycles. The van der Waals surface area contributed by atoms with E-state index in [4.69, 9.17) is 14.2 Å². The summed E-state index contributed by atoms with van der Waals surface area (Å²) < 4.78 is 17.0. The molecule has 0 spiro atoms. The van der Waals surface area contributed by atoms with Crippen LogP contribution in [0.15, 0.2) is 85.1 Å². The van der Waals surface area contributed by atoms with Crippen molar-refractivity contribution in [1.82, 2.24) is 0 Å². The van der Waals surface area contributed by atoms with Crippen molar-refractivity contribution < 1.29 is 28.6 Å². The molecule has 1 unspecified atom stereocenters. The predicted octanol–water partition coefficient (Wildman–Crippen LogP) is 21.9. The first-order chi connectivity index (χ1) is 37.0. The van der Waals surface area contributed by atoms with Crippen LogP contribution in [0.3, 0.4) is 0 Å². The fourth-order valence-corrected chi connectivity index (χ4v) is 9.09. The maximum atomic E-state index is 12.9. The van der Waals surface area contributed by atoms with Crippen molar-refractivity contribution in [3.8, 4) is 0 Å². The normalized spacial score (nSPS) is 12.6. The van der Waals surface area contributed by atoms with Crippen molar-refractivity contribution in [2.75, 3.05) is 13.2 Å². The van der Waals surface area contributed by atoms with E-state index in [-0.39, 0.29) is 31.1 Å². The van der Waals surface area contributed by atoms with Crippen LogP contribution in [0.25, 0.3) is 0 Å². The lowest BCUT2D eigenvalue weighted by atomic mass is 10.1. The van der Waals surface area contributed by atoms with E-state index in [1.807, 2.05) is 0 Å². The van der Waals surface area contributed by atoms with E-state index in [1.54, 1.807) is 0 Å². The Bertz CT molecular complexity index is 1430. The third kappa shape index (κ3) is 61.3. The van der Waals surface area contributed by atoms with Crippen LogP contribution in [0.5, 0.6) is 0 Å². The summed E-state index contributed by atoms with van der Waals surface area (Å²) in [5, 5.41) is 0. The molecule has 75 heavy (non-hydrogen) atoms. The van der Waals surface area contributed by atoms with Crippen LogP contribution in [0.1, 0.15) is 316 Å². The highest BCUT2D eigenvalue weighted by atomic mass is 16.6. The SMILES string of the molecule is CC/C=C\C/C=C\C/C=C\CCCCCCCCCCCC(=O)OCC(COC(=O)CCCCCCCCCCCC/C=C\C=C/CCCCC)OC(=O)CCCCCCCCCCCC/C=C\C=C/CCCCC. The Kier molecular flexibility index (Phi) is 60.3. The van der Waals surface area contributed by atoms with E-state index in [9.17, 15) is 14.4 Å². The first kappa shape index (κ1) is 71.6. The van der Waals surface area contributed by atoms with Crippen molar-refractivity contribution in [2.24, 2.45) is 0 Å². The van der Waals surface area contributed by atoms with Gasteiger partial charge in [-0.3, -0.25) is 14.4 Å². The van der Waals surface area contributed by atoms with E-state index in [0.717, 1.165) is 77.0 Å². The Hall–Kier alpha value is -3.41. The smallest absolute Gasteiger partial charge is 0.306 e. The molecule has 0 aromatic carbocycles. The van der Waals surface area contributed by atoms with Gasteiger partial charge in [0.1, 0.15) is 13.2 Å². The Morgan fingerprint density at radius 2 is 0.560 bits per heavy atom. The molecule has 6 heteroatoms. The largest absolute Gasteiger partial charge is 0.462 e. The third-order valence-electron chi connectivity index (χ3n) is 13.9. The lowest BCUT2D eigenvalue weighted by molar-refractivity contribution is -0.167. The maximum Gasteiger partial charge on any atom is 0.306 e. The van der Waals surface area contributed by atoms with Crippen LogP contribution in [0, 0.1) is 0 Å². The van der Waals surface area contributed by atoms with Gasteiger partial charge in [0.25, 0.3) is 0 Å². The second-order valence-electron chi connectivity index (χ2n) is 21.3. The lowest BCUT2D eigenvalue weighted by Crippen LogP contribution is -2.30. The highest BCUT2D eigenvalue weighted by Crippen LogP contribution is 2.16. The number of allylic oxidation sites excluding steroid dienone is 14. The molecule has 0 aliphatic carbocycles.